The van der Waals surface area contributed by atoms with E-state index in [2.05, 4.69) is 36.4 Å². The zero-order chi connectivity index (χ0) is 18.4. The molecule has 2 aromatic heterocycles. The van der Waals surface area contributed by atoms with Crippen LogP contribution >= 0.6 is 27.3 Å². The van der Waals surface area contributed by atoms with Crippen molar-refractivity contribution < 1.29 is 4.79 Å². The quantitative estimate of drug-likeness (QED) is 0.646. The van der Waals surface area contributed by atoms with Gasteiger partial charge in [-0.3, -0.25) is 4.79 Å². The maximum atomic E-state index is 12.8. The number of benzene rings is 1. The molecule has 8 heteroatoms. The number of anilines is 2. The number of carbonyl (C=O) groups is 1. The number of piperidine rings is 2. The summed E-state index contributed by atoms with van der Waals surface area (Å²) in [5.41, 5.74) is 1.99. The van der Waals surface area contributed by atoms with Crippen molar-refractivity contribution >= 4 is 55.0 Å². The highest BCUT2D eigenvalue weighted by molar-refractivity contribution is 9.10. The van der Waals surface area contributed by atoms with Gasteiger partial charge in [-0.2, -0.15) is 0 Å². The Balaban J connectivity index is 1.47. The first-order valence-electron chi connectivity index (χ1n) is 8.99. The highest BCUT2D eigenvalue weighted by atomic mass is 79.9. The molecule has 0 spiro atoms. The second-order valence-corrected chi connectivity index (χ2v) is 8.67. The van der Waals surface area contributed by atoms with Crippen LogP contribution in [0.1, 0.15) is 23.2 Å². The third-order valence-corrected chi connectivity index (χ3v) is 6.85. The van der Waals surface area contributed by atoms with E-state index < -0.39 is 0 Å². The fourth-order valence-corrected chi connectivity index (χ4v) is 5.05. The minimum absolute atomic E-state index is 0.165. The minimum Gasteiger partial charge on any atom is -0.349 e. The van der Waals surface area contributed by atoms with Crippen molar-refractivity contribution in [1.29, 1.82) is 0 Å². The summed E-state index contributed by atoms with van der Waals surface area (Å²) in [6.45, 7) is 1.94. The number of rotatable bonds is 3. The summed E-state index contributed by atoms with van der Waals surface area (Å²) in [4.78, 5) is 25.4. The number of nitrogens with one attached hydrogen (secondary N) is 2. The summed E-state index contributed by atoms with van der Waals surface area (Å²) >= 11 is 4.92. The van der Waals surface area contributed by atoms with Crippen molar-refractivity contribution in [3.63, 3.8) is 0 Å². The fourth-order valence-electron chi connectivity index (χ4n) is 3.84. The first-order chi connectivity index (χ1) is 13.2. The molecule has 5 heterocycles. The van der Waals surface area contributed by atoms with Gasteiger partial charge in [-0.15, -0.1) is 11.3 Å². The number of hydrogen-bond donors (Lipinski definition) is 2. The molecule has 0 unspecified atom stereocenters. The first kappa shape index (κ1) is 17.1. The second-order valence-electron chi connectivity index (χ2n) is 6.95. The van der Waals surface area contributed by atoms with Crippen LogP contribution in [-0.4, -0.2) is 41.0 Å². The number of para-hydroxylation sites is 1. The molecule has 3 aromatic rings. The lowest BCUT2D eigenvalue weighted by atomic mass is 9.93. The van der Waals surface area contributed by atoms with Gasteiger partial charge in [0.25, 0.3) is 5.91 Å². The fraction of sp³-hybridized carbons (Fsp3) is 0.316. The molecule has 27 heavy (non-hydrogen) atoms. The summed E-state index contributed by atoms with van der Waals surface area (Å²) < 4.78 is 0.849. The van der Waals surface area contributed by atoms with Gasteiger partial charge in [-0.05, 0) is 40.9 Å². The van der Waals surface area contributed by atoms with E-state index in [9.17, 15) is 4.79 Å². The normalized spacial score (nSPS) is 21.6. The van der Waals surface area contributed by atoms with E-state index in [4.69, 9.17) is 4.98 Å². The van der Waals surface area contributed by atoms with Gasteiger partial charge in [0, 0.05) is 35.0 Å². The molecule has 0 aliphatic carbocycles. The van der Waals surface area contributed by atoms with Crippen molar-refractivity contribution in [3.8, 4) is 0 Å². The number of nitrogens with zero attached hydrogens (tertiary/aromatic N) is 3. The lowest BCUT2D eigenvalue weighted by molar-refractivity contribution is 0.102. The molecular formula is C19H18BrN5OS. The van der Waals surface area contributed by atoms with Crippen LogP contribution in [0.4, 0.5) is 11.5 Å². The van der Waals surface area contributed by atoms with Gasteiger partial charge in [0.1, 0.15) is 16.2 Å². The molecule has 6 nitrogen and oxygen atoms in total. The molecule has 1 aromatic carbocycles. The van der Waals surface area contributed by atoms with E-state index >= 15 is 0 Å². The van der Waals surface area contributed by atoms with Crippen LogP contribution in [0.15, 0.2) is 40.3 Å². The lowest BCUT2D eigenvalue weighted by Gasteiger charge is -2.46. The molecule has 3 fully saturated rings. The van der Waals surface area contributed by atoms with E-state index in [0.717, 1.165) is 33.9 Å². The summed E-state index contributed by atoms with van der Waals surface area (Å²) in [5, 5.41) is 8.35. The summed E-state index contributed by atoms with van der Waals surface area (Å²) in [6.07, 6.45) is 4.24. The Morgan fingerprint density at radius 1 is 1.33 bits per heavy atom. The van der Waals surface area contributed by atoms with Crippen LogP contribution in [-0.2, 0) is 0 Å². The Morgan fingerprint density at radius 3 is 2.96 bits per heavy atom. The van der Waals surface area contributed by atoms with Gasteiger partial charge in [0.15, 0.2) is 0 Å². The van der Waals surface area contributed by atoms with E-state index in [1.165, 1.54) is 24.2 Å². The molecule has 6 rings (SSSR count). The van der Waals surface area contributed by atoms with Crippen molar-refractivity contribution in [3.05, 3.63) is 45.9 Å². The van der Waals surface area contributed by atoms with Crippen molar-refractivity contribution in [1.82, 2.24) is 15.3 Å². The van der Waals surface area contributed by atoms with Crippen LogP contribution in [0.25, 0.3) is 10.3 Å². The van der Waals surface area contributed by atoms with Gasteiger partial charge in [-0.25, -0.2) is 9.97 Å². The minimum atomic E-state index is -0.165. The molecular weight excluding hydrogens is 426 g/mol. The van der Waals surface area contributed by atoms with E-state index in [1.807, 2.05) is 35.8 Å². The molecule has 1 amide bonds. The van der Waals surface area contributed by atoms with Crippen LogP contribution in [0.2, 0.25) is 0 Å². The zero-order valence-corrected chi connectivity index (χ0v) is 16.9. The van der Waals surface area contributed by atoms with Crippen LogP contribution in [0.3, 0.4) is 0 Å². The average Bonchev–Trinajstić information content (AvgIpc) is 3.14. The molecule has 0 radical (unpaired) electrons. The SMILES string of the molecule is O=C(Nc1ccccc1Br)c1csc2ncc(N3C[C@H]4CC[C@@H]3CN4)nc12. The number of carbonyl (C=O) groups excluding carboxylic acids is 1. The molecule has 3 saturated heterocycles. The Bertz CT molecular complexity index is 1010. The number of thiophene rings is 1. The third-order valence-electron chi connectivity index (χ3n) is 5.28. The summed E-state index contributed by atoms with van der Waals surface area (Å²) in [5.74, 6) is 0.702. The van der Waals surface area contributed by atoms with E-state index in [-0.39, 0.29) is 5.91 Å². The standard InChI is InChI=1S/C19H18BrN5OS/c20-14-3-1-2-4-15(14)23-18(26)13-10-27-19-17(13)24-16(8-22-19)25-9-11-5-6-12(25)7-21-11/h1-4,8,10-12,21H,5-7,9H2,(H,23,26)/t11-,12-/m1/s1. The lowest BCUT2D eigenvalue weighted by Crippen LogP contribution is -2.61. The molecule has 3 aliphatic heterocycles. The maximum Gasteiger partial charge on any atom is 0.258 e. The molecule has 2 bridgehead atoms. The van der Waals surface area contributed by atoms with Gasteiger partial charge in [0.05, 0.1) is 17.4 Å². The number of fused-ring (bicyclic) bond motifs is 4. The highest BCUT2D eigenvalue weighted by Gasteiger charge is 2.34. The Labute approximate surface area is 169 Å². The topological polar surface area (TPSA) is 70.2 Å². The molecule has 2 N–H and O–H groups in total. The van der Waals surface area contributed by atoms with Crippen molar-refractivity contribution in [2.75, 3.05) is 23.3 Å². The number of amides is 1. The van der Waals surface area contributed by atoms with Gasteiger partial charge < -0.3 is 15.5 Å². The highest BCUT2D eigenvalue weighted by Crippen LogP contribution is 2.30. The van der Waals surface area contributed by atoms with Gasteiger partial charge in [-0.1, -0.05) is 12.1 Å². The van der Waals surface area contributed by atoms with E-state index in [0.29, 0.717) is 23.2 Å². The Hall–Kier alpha value is -2.03. The molecule has 138 valence electrons. The first-order valence-corrected chi connectivity index (χ1v) is 10.7. The van der Waals surface area contributed by atoms with Gasteiger partial charge >= 0.3 is 0 Å². The Kier molecular flexibility index (Phi) is 4.34. The summed E-state index contributed by atoms with van der Waals surface area (Å²) in [6, 6.07) is 8.55. The number of halogens is 1. The monoisotopic (exact) mass is 443 g/mol. The largest absolute Gasteiger partial charge is 0.349 e. The van der Waals surface area contributed by atoms with Gasteiger partial charge in [0.2, 0.25) is 0 Å². The smallest absolute Gasteiger partial charge is 0.258 e. The zero-order valence-electron chi connectivity index (χ0n) is 14.5. The van der Waals surface area contributed by atoms with Crippen molar-refractivity contribution in [2.24, 2.45) is 0 Å². The predicted octanol–water partition coefficient (Wildman–Crippen LogP) is 3.65. The second kappa shape index (κ2) is 6.85. The van der Waals surface area contributed by atoms with Crippen LogP contribution in [0.5, 0.6) is 0 Å². The predicted molar refractivity (Wildman–Crippen MR) is 112 cm³/mol. The Morgan fingerprint density at radius 2 is 2.22 bits per heavy atom. The number of piperazine rings is 1. The molecule has 3 aliphatic rings. The van der Waals surface area contributed by atoms with Crippen LogP contribution < -0.4 is 15.5 Å². The van der Waals surface area contributed by atoms with Crippen molar-refractivity contribution in [2.45, 2.75) is 24.9 Å². The molecule has 0 saturated carbocycles. The van der Waals surface area contributed by atoms with Crippen LogP contribution in [0, 0.1) is 0 Å². The maximum absolute atomic E-state index is 12.8. The number of hydrogen-bond acceptors (Lipinski definition) is 6. The van der Waals surface area contributed by atoms with E-state index in [1.54, 1.807) is 0 Å². The average molecular weight is 444 g/mol. The summed E-state index contributed by atoms with van der Waals surface area (Å²) in [7, 11) is 0. The third kappa shape index (κ3) is 3.11. The number of aromatic nitrogens is 2. The molecule has 2 atom stereocenters.